The number of para-hydroxylation sites is 1. The van der Waals surface area contributed by atoms with E-state index in [9.17, 15) is 34.2 Å². The zero-order valence-corrected chi connectivity index (χ0v) is 25.5. The highest BCUT2D eigenvalue weighted by atomic mass is 16.4. The number of guanidine groups is 1. The first-order valence-electron chi connectivity index (χ1n) is 14.8. The van der Waals surface area contributed by atoms with Gasteiger partial charge in [-0.3, -0.25) is 24.2 Å². The first-order chi connectivity index (χ1) is 22.3. The molecule has 0 radical (unpaired) electrons. The van der Waals surface area contributed by atoms with Gasteiger partial charge >= 0.3 is 11.9 Å². The summed E-state index contributed by atoms with van der Waals surface area (Å²) in [6.45, 7) is 0.0969. The minimum Gasteiger partial charge on any atom is -0.508 e. The van der Waals surface area contributed by atoms with Crippen LogP contribution in [0.25, 0.3) is 10.9 Å². The fraction of sp³-hybridized carbons (Fsp3) is 0.355. The Morgan fingerprint density at radius 3 is 2.11 bits per heavy atom. The van der Waals surface area contributed by atoms with Gasteiger partial charge in [-0.05, 0) is 55.0 Å². The number of rotatable bonds is 18. The molecule has 0 fully saturated rings. The highest BCUT2D eigenvalue weighted by Crippen LogP contribution is 2.19. The maximum absolute atomic E-state index is 13.7. The van der Waals surface area contributed by atoms with E-state index in [1.54, 1.807) is 18.3 Å². The SMILES string of the molecule is NC(N)=NCCCC(NC(=O)C(Cc1ccc(O)cc1)NC(=O)C(N)Cc1c[nH]c2ccccc12)C(=O)NC(CCC(=O)O)C(=O)O. The molecule has 47 heavy (non-hydrogen) atoms. The molecule has 3 rings (SSSR count). The molecule has 2 aromatic carbocycles. The van der Waals surface area contributed by atoms with Crippen molar-refractivity contribution in [1.29, 1.82) is 0 Å². The Balaban J connectivity index is 1.81. The normalized spacial score (nSPS) is 13.5. The van der Waals surface area contributed by atoms with Crippen LogP contribution in [0.2, 0.25) is 0 Å². The maximum Gasteiger partial charge on any atom is 0.326 e. The minimum absolute atomic E-state index is 0.00655. The Kier molecular flexibility index (Phi) is 13.1. The number of aromatic hydroxyl groups is 1. The maximum atomic E-state index is 13.7. The van der Waals surface area contributed by atoms with Crippen LogP contribution in [-0.2, 0) is 36.8 Å². The molecule has 3 aromatic rings. The Bertz CT molecular complexity index is 1590. The van der Waals surface area contributed by atoms with E-state index in [1.807, 2.05) is 24.3 Å². The molecular formula is C31H40N8O8. The second-order valence-corrected chi connectivity index (χ2v) is 10.9. The number of amides is 3. The van der Waals surface area contributed by atoms with Gasteiger partial charge in [0.25, 0.3) is 0 Å². The Morgan fingerprint density at radius 2 is 1.45 bits per heavy atom. The largest absolute Gasteiger partial charge is 0.508 e. The Hall–Kier alpha value is -5.64. The first-order valence-corrected chi connectivity index (χ1v) is 14.8. The number of aliphatic imine (C=N–C) groups is 1. The molecule has 4 atom stereocenters. The summed E-state index contributed by atoms with van der Waals surface area (Å²) in [5, 5.41) is 36.6. The molecule has 0 aliphatic carbocycles. The minimum atomic E-state index is -1.54. The number of aliphatic carboxylic acids is 2. The third-order valence-corrected chi connectivity index (χ3v) is 7.30. The van der Waals surface area contributed by atoms with E-state index in [4.69, 9.17) is 22.3 Å². The van der Waals surface area contributed by atoms with E-state index in [0.717, 1.165) is 16.5 Å². The second kappa shape index (κ2) is 17.2. The predicted octanol–water partition coefficient (Wildman–Crippen LogP) is -0.557. The van der Waals surface area contributed by atoms with Crippen molar-refractivity contribution in [2.24, 2.45) is 22.2 Å². The van der Waals surface area contributed by atoms with Crippen LogP contribution in [0.1, 0.15) is 36.8 Å². The smallest absolute Gasteiger partial charge is 0.326 e. The number of carbonyl (C=O) groups is 5. The summed E-state index contributed by atoms with van der Waals surface area (Å²) in [6, 6.07) is 8.33. The molecule has 0 aliphatic heterocycles. The van der Waals surface area contributed by atoms with Gasteiger partial charge in [0.2, 0.25) is 17.7 Å². The number of aromatic nitrogens is 1. The number of carbonyl (C=O) groups excluding carboxylic acids is 3. The fourth-order valence-electron chi connectivity index (χ4n) is 4.83. The molecule has 0 bridgehead atoms. The number of phenolic OH excluding ortho intramolecular Hbond substituents is 1. The van der Waals surface area contributed by atoms with Gasteiger partial charge in [-0.2, -0.15) is 0 Å². The summed E-state index contributed by atoms with van der Waals surface area (Å²) in [7, 11) is 0. The number of fused-ring (bicyclic) bond motifs is 1. The van der Waals surface area contributed by atoms with Crippen LogP contribution in [0, 0.1) is 0 Å². The number of nitrogens with zero attached hydrogens (tertiary/aromatic N) is 1. The van der Waals surface area contributed by atoms with Crippen molar-refractivity contribution in [1.82, 2.24) is 20.9 Å². The van der Waals surface area contributed by atoms with Gasteiger partial charge < -0.3 is 53.5 Å². The number of hydrogen-bond donors (Lipinski definition) is 10. The van der Waals surface area contributed by atoms with Crippen molar-refractivity contribution < 1.29 is 39.3 Å². The van der Waals surface area contributed by atoms with Gasteiger partial charge in [-0.15, -0.1) is 0 Å². The van der Waals surface area contributed by atoms with Crippen LogP contribution in [0.3, 0.4) is 0 Å². The van der Waals surface area contributed by atoms with Crippen LogP contribution >= 0.6 is 0 Å². The molecule has 16 heteroatoms. The number of H-pyrrole nitrogens is 1. The summed E-state index contributed by atoms with van der Waals surface area (Å²) < 4.78 is 0. The highest BCUT2D eigenvalue weighted by molar-refractivity contribution is 5.94. The lowest BCUT2D eigenvalue weighted by Gasteiger charge is -2.25. The molecule has 1 aromatic heterocycles. The van der Waals surface area contributed by atoms with Crippen LogP contribution in [0.4, 0.5) is 0 Å². The quantitative estimate of drug-likeness (QED) is 0.0472. The monoisotopic (exact) mass is 652 g/mol. The van der Waals surface area contributed by atoms with Crippen molar-refractivity contribution in [2.45, 2.75) is 62.7 Å². The Labute approximate surface area is 269 Å². The van der Waals surface area contributed by atoms with E-state index < -0.39 is 60.2 Å². The zero-order valence-electron chi connectivity index (χ0n) is 25.5. The molecule has 3 amide bonds. The molecule has 13 N–H and O–H groups in total. The average molecular weight is 653 g/mol. The van der Waals surface area contributed by atoms with Crippen molar-refractivity contribution in [2.75, 3.05) is 6.54 Å². The number of nitrogens with one attached hydrogen (secondary N) is 4. The summed E-state index contributed by atoms with van der Waals surface area (Å²) >= 11 is 0. The van der Waals surface area contributed by atoms with Crippen LogP contribution in [0.5, 0.6) is 5.75 Å². The van der Waals surface area contributed by atoms with Gasteiger partial charge in [0.15, 0.2) is 5.96 Å². The van der Waals surface area contributed by atoms with Crippen molar-refractivity contribution >= 4 is 46.5 Å². The predicted molar refractivity (Wildman–Crippen MR) is 172 cm³/mol. The standard InChI is InChI=1S/C31H40N8O8/c32-21(15-18-16-36-22-5-2-1-4-20(18)22)27(43)39-25(14-17-7-9-19(40)10-8-17)29(45)37-23(6-3-13-35-31(33)34)28(44)38-24(30(46)47)11-12-26(41)42/h1-2,4-5,7-10,16,21,23-25,36,40H,3,6,11-15,32H2,(H,37,45)(H,38,44)(H,39,43)(H,41,42)(H,46,47)(H4,33,34,35). The number of phenols is 1. The molecule has 0 aliphatic rings. The number of hydrogen-bond acceptors (Lipinski definition) is 8. The van der Waals surface area contributed by atoms with E-state index in [-0.39, 0.29) is 50.4 Å². The molecular weight excluding hydrogens is 612 g/mol. The molecule has 252 valence electrons. The Morgan fingerprint density at radius 1 is 0.809 bits per heavy atom. The summed E-state index contributed by atoms with van der Waals surface area (Å²) in [4.78, 5) is 69.9. The third kappa shape index (κ3) is 11.3. The van der Waals surface area contributed by atoms with Crippen molar-refractivity contribution in [3.8, 4) is 5.75 Å². The summed E-state index contributed by atoms with van der Waals surface area (Å²) in [5.74, 6) is -5.18. The molecule has 0 saturated carbocycles. The van der Waals surface area contributed by atoms with Crippen molar-refractivity contribution in [3.63, 3.8) is 0 Å². The van der Waals surface area contributed by atoms with Crippen LogP contribution in [0.15, 0.2) is 59.7 Å². The van der Waals surface area contributed by atoms with E-state index >= 15 is 0 Å². The van der Waals surface area contributed by atoms with E-state index in [2.05, 4.69) is 25.9 Å². The van der Waals surface area contributed by atoms with E-state index in [1.165, 1.54) is 12.1 Å². The average Bonchev–Trinajstić information content (AvgIpc) is 3.43. The lowest BCUT2D eigenvalue weighted by Crippen LogP contribution is -2.57. The second-order valence-electron chi connectivity index (χ2n) is 10.9. The number of benzene rings is 2. The number of aromatic amines is 1. The summed E-state index contributed by atoms with van der Waals surface area (Å²) in [5.41, 5.74) is 19.2. The molecule has 4 unspecified atom stereocenters. The highest BCUT2D eigenvalue weighted by Gasteiger charge is 2.31. The van der Waals surface area contributed by atoms with Gasteiger partial charge in [0, 0.05) is 36.5 Å². The number of carboxylic acids is 2. The van der Waals surface area contributed by atoms with Crippen LogP contribution in [-0.4, -0.2) is 86.6 Å². The summed E-state index contributed by atoms with van der Waals surface area (Å²) in [6.07, 6.45) is 1.14. The lowest BCUT2D eigenvalue weighted by atomic mass is 10.0. The molecule has 16 nitrogen and oxygen atoms in total. The van der Waals surface area contributed by atoms with Crippen molar-refractivity contribution in [3.05, 3.63) is 65.9 Å². The molecule has 0 saturated heterocycles. The zero-order chi connectivity index (χ0) is 34.5. The first kappa shape index (κ1) is 35.8. The van der Waals surface area contributed by atoms with Crippen LogP contribution < -0.4 is 33.2 Å². The number of nitrogens with two attached hydrogens (primary N) is 3. The van der Waals surface area contributed by atoms with Gasteiger partial charge in [-0.1, -0.05) is 30.3 Å². The lowest BCUT2D eigenvalue weighted by molar-refractivity contribution is -0.143. The molecule has 0 spiro atoms. The third-order valence-electron chi connectivity index (χ3n) is 7.30. The topological polar surface area (TPSA) is 288 Å². The number of carboxylic acid groups (broad SMARTS) is 2. The van der Waals surface area contributed by atoms with Gasteiger partial charge in [0.1, 0.15) is 23.9 Å². The van der Waals surface area contributed by atoms with Gasteiger partial charge in [0.05, 0.1) is 6.04 Å². The van der Waals surface area contributed by atoms with Gasteiger partial charge in [-0.25, -0.2) is 4.79 Å². The molecule has 1 heterocycles. The van der Waals surface area contributed by atoms with E-state index in [0.29, 0.717) is 5.56 Å². The fourth-order valence-corrected chi connectivity index (χ4v) is 4.83.